The first-order chi connectivity index (χ1) is 11.7. The van der Waals surface area contributed by atoms with Gasteiger partial charge in [-0.15, -0.1) is 0 Å². The van der Waals surface area contributed by atoms with E-state index in [1.165, 1.54) is 0 Å². The third-order valence-corrected chi connectivity index (χ3v) is 4.32. The molecule has 0 bridgehead atoms. The molecule has 2 aliphatic heterocycles. The molecule has 0 saturated carbocycles. The molecule has 0 fully saturated rings. The zero-order valence-electron chi connectivity index (χ0n) is 13.5. The van der Waals surface area contributed by atoms with Crippen molar-refractivity contribution in [3.8, 4) is 17.2 Å². The number of hydrogen-bond donors (Lipinski definition) is 1. The number of ether oxygens (including phenoxy) is 3. The third kappa shape index (κ3) is 2.77. The monoisotopic (exact) mass is 325 g/mol. The van der Waals surface area contributed by atoms with Gasteiger partial charge in [0.25, 0.3) is 5.91 Å². The van der Waals surface area contributed by atoms with Crippen molar-refractivity contribution >= 4 is 5.91 Å². The SMILES string of the molecule is Cc1ccc2c(c1)C(NC(=O)C1COc3ccccc3O1)CCO2. The van der Waals surface area contributed by atoms with Crippen LogP contribution in [0.1, 0.15) is 23.6 Å². The van der Waals surface area contributed by atoms with Crippen molar-refractivity contribution in [1.29, 1.82) is 0 Å². The molecule has 2 heterocycles. The maximum absolute atomic E-state index is 12.6. The van der Waals surface area contributed by atoms with Crippen LogP contribution in [0.4, 0.5) is 0 Å². The van der Waals surface area contributed by atoms with E-state index in [1.54, 1.807) is 0 Å². The first-order valence-electron chi connectivity index (χ1n) is 8.13. The quantitative estimate of drug-likeness (QED) is 0.922. The van der Waals surface area contributed by atoms with Crippen LogP contribution in [0.2, 0.25) is 0 Å². The zero-order valence-corrected chi connectivity index (χ0v) is 13.5. The normalized spacial score (nSPS) is 21.4. The van der Waals surface area contributed by atoms with Gasteiger partial charge in [0, 0.05) is 12.0 Å². The zero-order chi connectivity index (χ0) is 16.5. The highest BCUT2D eigenvalue weighted by atomic mass is 16.6. The lowest BCUT2D eigenvalue weighted by atomic mass is 9.98. The minimum absolute atomic E-state index is 0.0677. The molecule has 0 saturated heterocycles. The number of fused-ring (bicyclic) bond motifs is 2. The first kappa shape index (κ1) is 14.9. The summed E-state index contributed by atoms with van der Waals surface area (Å²) in [4.78, 5) is 12.6. The number of carbonyl (C=O) groups excluding carboxylic acids is 1. The van der Waals surface area contributed by atoms with Crippen LogP contribution in [-0.2, 0) is 4.79 Å². The maximum atomic E-state index is 12.6. The molecular formula is C19H19NO4. The van der Waals surface area contributed by atoms with Crippen LogP contribution in [0.15, 0.2) is 42.5 Å². The predicted octanol–water partition coefficient (Wildman–Crippen LogP) is 2.77. The highest BCUT2D eigenvalue weighted by Crippen LogP contribution is 2.34. The Morgan fingerprint density at radius 1 is 1.08 bits per heavy atom. The lowest BCUT2D eigenvalue weighted by Crippen LogP contribution is -2.45. The Balaban J connectivity index is 1.49. The molecule has 5 nitrogen and oxygen atoms in total. The average molecular weight is 325 g/mol. The van der Waals surface area contributed by atoms with Crippen LogP contribution in [0, 0.1) is 6.92 Å². The Morgan fingerprint density at radius 3 is 2.79 bits per heavy atom. The predicted molar refractivity (Wildman–Crippen MR) is 88.5 cm³/mol. The molecule has 4 rings (SSSR count). The smallest absolute Gasteiger partial charge is 0.265 e. The number of amides is 1. The summed E-state index contributed by atoms with van der Waals surface area (Å²) < 4.78 is 17.1. The van der Waals surface area contributed by atoms with Crippen molar-refractivity contribution in [3.05, 3.63) is 53.6 Å². The Morgan fingerprint density at radius 2 is 1.92 bits per heavy atom. The molecule has 124 valence electrons. The Kier molecular flexibility index (Phi) is 3.76. The minimum atomic E-state index is -0.643. The van der Waals surface area contributed by atoms with E-state index in [2.05, 4.69) is 11.4 Å². The summed E-state index contributed by atoms with van der Waals surface area (Å²) >= 11 is 0. The molecule has 0 aliphatic carbocycles. The molecule has 0 spiro atoms. The second kappa shape index (κ2) is 6.07. The van der Waals surface area contributed by atoms with Crippen molar-refractivity contribution in [1.82, 2.24) is 5.32 Å². The van der Waals surface area contributed by atoms with Crippen LogP contribution in [0.5, 0.6) is 17.2 Å². The number of aryl methyl sites for hydroxylation is 1. The molecule has 2 aromatic carbocycles. The van der Waals surface area contributed by atoms with Gasteiger partial charge in [-0.05, 0) is 25.1 Å². The summed E-state index contributed by atoms with van der Waals surface area (Å²) in [5.41, 5.74) is 2.16. The summed E-state index contributed by atoms with van der Waals surface area (Å²) in [6.07, 6.45) is 0.0998. The molecule has 1 amide bonds. The van der Waals surface area contributed by atoms with Crippen molar-refractivity contribution < 1.29 is 19.0 Å². The fourth-order valence-electron chi connectivity index (χ4n) is 3.08. The number of nitrogens with one attached hydrogen (secondary N) is 1. The van der Waals surface area contributed by atoms with Gasteiger partial charge in [-0.1, -0.05) is 29.8 Å². The summed E-state index contributed by atoms with van der Waals surface area (Å²) in [5, 5.41) is 3.08. The van der Waals surface area contributed by atoms with Crippen LogP contribution in [0.3, 0.4) is 0 Å². The van der Waals surface area contributed by atoms with Gasteiger partial charge in [0.1, 0.15) is 12.4 Å². The van der Waals surface area contributed by atoms with Crippen LogP contribution < -0.4 is 19.5 Å². The van der Waals surface area contributed by atoms with Crippen molar-refractivity contribution in [2.24, 2.45) is 0 Å². The summed E-state index contributed by atoms with van der Waals surface area (Å²) in [5.74, 6) is 1.95. The van der Waals surface area contributed by atoms with Crippen molar-refractivity contribution in [2.75, 3.05) is 13.2 Å². The van der Waals surface area contributed by atoms with E-state index >= 15 is 0 Å². The number of rotatable bonds is 2. The van der Waals surface area contributed by atoms with Gasteiger partial charge in [-0.2, -0.15) is 0 Å². The highest BCUT2D eigenvalue weighted by molar-refractivity contribution is 5.82. The Hall–Kier alpha value is -2.69. The van der Waals surface area contributed by atoms with Crippen molar-refractivity contribution in [3.63, 3.8) is 0 Å². The van der Waals surface area contributed by atoms with E-state index in [9.17, 15) is 4.79 Å². The third-order valence-electron chi connectivity index (χ3n) is 4.32. The second-order valence-electron chi connectivity index (χ2n) is 6.10. The lowest BCUT2D eigenvalue weighted by Gasteiger charge is -2.30. The molecular weight excluding hydrogens is 306 g/mol. The average Bonchev–Trinajstić information content (AvgIpc) is 2.62. The molecule has 5 heteroatoms. The topological polar surface area (TPSA) is 56.8 Å². The Bertz CT molecular complexity index is 774. The fraction of sp³-hybridized carbons (Fsp3) is 0.316. The number of hydrogen-bond acceptors (Lipinski definition) is 4. The van der Waals surface area contributed by atoms with Gasteiger partial charge in [0.2, 0.25) is 6.10 Å². The van der Waals surface area contributed by atoms with Gasteiger partial charge < -0.3 is 19.5 Å². The lowest BCUT2D eigenvalue weighted by molar-refractivity contribution is -0.131. The van der Waals surface area contributed by atoms with Gasteiger partial charge in [-0.3, -0.25) is 4.79 Å². The van der Waals surface area contributed by atoms with Crippen molar-refractivity contribution in [2.45, 2.75) is 25.5 Å². The number of para-hydroxylation sites is 2. The van der Waals surface area contributed by atoms with E-state index in [0.717, 1.165) is 23.3 Å². The fourth-order valence-corrected chi connectivity index (χ4v) is 3.08. The van der Waals surface area contributed by atoms with Gasteiger partial charge >= 0.3 is 0 Å². The molecule has 24 heavy (non-hydrogen) atoms. The molecule has 2 aliphatic rings. The standard InChI is InChI=1S/C19H19NO4/c1-12-6-7-15-13(10-12)14(8-9-22-15)20-19(21)18-11-23-16-4-2-3-5-17(16)24-18/h2-7,10,14,18H,8-9,11H2,1H3,(H,20,21). The molecule has 0 aromatic heterocycles. The van der Waals surface area contributed by atoms with Gasteiger partial charge in [0.05, 0.1) is 12.6 Å². The van der Waals surface area contributed by atoms with Gasteiger partial charge in [0.15, 0.2) is 11.5 Å². The number of carbonyl (C=O) groups is 1. The summed E-state index contributed by atoms with van der Waals surface area (Å²) in [6, 6.07) is 13.3. The van der Waals surface area contributed by atoms with E-state index in [1.807, 2.05) is 43.3 Å². The molecule has 2 unspecified atom stereocenters. The number of benzene rings is 2. The Labute approximate surface area is 140 Å². The summed E-state index contributed by atoms with van der Waals surface area (Å²) in [7, 11) is 0. The maximum Gasteiger partial charge on any atom is 0.265 e. The summed E-state index contributed by atoms with van der Waals surface area (Å²) in [6.45, 7) is 2.83. The molecule has 1 N–H and O–H groups in total. The first-order valence-corrected chi connectivity index (χ1v) is 8.13. The molecule has 2 aromatic rings. The molecule has 0 radical (unpaired) electrons. The highest BCUT2D eigenvalue weighted by Gasteiger charge is 2.31. The van der Waals surface area contributed by atoms with E-state index in [4.69, 9.17) is 14.2 Å². The van der Waals surface area contributed by atoms with Crippen LogP contribution in [0.25, 0.3) is 0 Å². The van der Waals surface area contributed by atoms with E-state index in [-0.39, 0.29) is 18.6 Å². The van der Waals surface area contributed by atoms with Gasteiger partial charge in [-0.25, -0.2) is 0 Å². The van der Waals surface area contributed by atoms with Crippen LogP contribution >= 0.6 is 0 Å². The second-order valence-corrected chi connectivity index (χ2v) is 6.10. The minimum Gasteiger partial charge on any atom is -0.493 e. The molecule has 2 atom stereocenters. The largest absolute Gasteiger partial charge is 0.493 e. The van der Waals surface area contributed by atoms with E-state index in [0.29, 0.717) is 18.1 Å². The van der Waals surface area contributed by atoms with Crippen LogP contribution in [-0.4, -0.2) is 25.2 Å². The van der Waals surface area contributed by atoms with E-state index < -0.39 is 6.10 Å².